The third kappa shape index (κ3) is 4.49. The van der Waals surface area contributed by atoms with E-state index in [9.17, 15) is 4.79 Å². The molecule has 0 spiro atoms. The molecule has 1 aliphatic carbocycles. The van der Waals surface area contributed by atoms with Crippen LogP contribution < -0.4 is 26.8 Å². The summed E-state index contributed by atoms with van der Waals surface area (Å²) in [5.41, 5.74) is 18.7. The number of hydrogen-bond acceptors (Lipinski definition) is 7. The van der Waals surface area contributed by atoms with Crippen LogP contribution in [0.5, 0.6) is 5.75 Å². The number of H-pyrrole nitrogens is 1. The van der Waals surface area contributed by atoms with Gasteiger partial charge in [0.1, 0.15) is 11.9 Å². The lowest BCUT2D eigenvalue weighted by molar-refractivity contribution is -0.0796. The van der Waals surface area contributed by atoms with Crippen molar-refractivity contribution >= 4 is 16.7 Å². The van der Waals surface area contributed by atoms with Crippen molar-refractivity contribution < 1.29 is 14.3 Å². The lowest BCUT2D eigenvalue weighted by atomic mass is 9.85. The molecule has 2 aromatic rings. The predicted molar refractivity (Wildman–Crippen MR) is 132 cm³/mol. The summed E-state index contributed by atoms with van der Waals surface area (Å²) in [6, 6.07) is 7.61. The Morgan fingerprint density at radius 3 is 2.79 bits per heavy atom. The van der Waals surface area contributed by atoms with Gasteiger partial charge in [0, 0.05) is 46.5 Å². The van der Waals surface area contributed by atoms with Crippen LogP contribution in [0.15, 0.2) is 59.1 Å². The minimum absolute atomic E-state index is 0.0903. The number of aromatic amines is 1. The number of hydrogen-bond donors (Lipinski definition) is 5. The van der Waals surface area contributed by atoms with Crippen molar-refractivity contribution in [3.05, 3.63) is 64.8 Å². The monoisotopic (exact) mass is 463 g/mol. The lowest BCUT2D eigenvalue weighted by Crippen LogP contribution is -2.50. The van der Waals surface area contributed by atoms with Gasteiger partial charge in [-0.05, 0) is 57.0 Å². The summed E-state index contributed by atoms with van der Waals surface area (Å²) in [5.74, 6) is 0.488. The first-order valence-electron chi connectivity index (χ1n) is 11.9. The summed E-state index contributed by atoms with van der Waals surface area (Å²) in [5, 5.41) is 7.79. The van der Waals surface area contributed by atoms with E-state index in [2.05, 4.69) is 35.5 Å². The minimum atomic E-state index is -0.586. The van der Waals surface area contributed by atoms with E-state index in [0.29, 0.717) is 24.8 Å². The number of ether oxygens (including phenoxy) is 2. The highest BCUT2D eigenvalue weighted by atomic mass is 16.6. The zero-order valence-corrected chi connectivity index (χ0v) is 19.7. The molecule has 180 valence electrons. The van der Waals surface area contributed by atoms with Gasteiger partial charge < -0.3 is 36.6 Å². The zero-order valence-electron chi connectivity index (χ0n) is 19.7. The number of benzene rings is 1. The Bertz CT molecular complexity index is 1190. The fourth-order valence-electron chi connectivity index (χ4n) is 4.77. The smallest absolute Gasteiger partial charge is 0.186 e. The van der Waals surface area contributed by atoms with Gasteiger partial charge in [0.2, 0.25) is 0 Å². The second kappa shape index (κ2) is 9.29. The maximum absolute atomic E-state index is 13.3. The molecule has 0 radical (unpaired) electrons. The van der Waals surface area contributed by atoms with Gasteiger partial charge in [-0.3, -0.25) is 4.79 Å². The number of fused-ring (bicyclic) bond motifs is 2. The fourth-order valence-corrected chi connectivity index (χ4v) is 4.77. The molecule has 5 rings (SSSR count). The molecule has 3 heterocycles. The van der Waals surface area contributed by atoms with Crippen molar-refractivity contribution in [1.29, 1.82) is 0 Å². The summed E-state index contributed by atoms with van der Waals surface area (Å²) in [6.45, 7) is 5.64. The van der Waals surface area contributed by atoms with E-state index in [-0.39, 0.29) is 18.4 Å². The number of carbonyl (C=O) groups is 1. The van der Waals surface area contributed by atoms with Crippen molar-refractivity contribution in [3.63, 3.8) is 0 Å². The molecule has 2 aliphatic heterocycles. The van der Waals surface area contributed by atoms with Crippen LogP contribution in [-0.2, 0) is 4.74 Å². The molecule has 1 aromatic heterocycles. The Hall–Kier alpha value is -3.07. The molecular weight excluding hydrogens is 430 g/mol. The van der Waals surface area contributed by atoms with Crippen LogP contribution in [0.25, 0.3) is 10.9 Å². The van der Waals surface area contributed by atoms with Crippen molar-refractivity contribution in [3.8, 4) is 5.75 Å². The maximum Gasteiger partial charge on any atom is 0.186 e. The van der Waals surface area contributed by atoms with Crippen LogP contribution in [-0.4, -0.2) is 42.8 Å². The molecule has 3 atom stereocenters. The summed E-state index contributed by atoms with van der Waals surface area (Å²) < 4.78 is 11.0. The van der Waals surface area contributed by atoms with E-state index in [1.165, 1.54) is 17.0 Å². The Morgan fingerprint density at radius 2 is 2.06 bits per heavy atom. The van der Waals surface area contributed by atoms with Crippen LogP contribution >= 0.6 is 0 Å². The van der Waals surface area contributed by atoms with Crippen molar-refractivity contribution in [2.24, 2.45) is 23.3 Å². The molecule has 1 aromatic carbocycles. The van der Waals surface area contributed by atoms with Crippen LogP contribution in [0.4, 0.5) is 0 Å². The first-order chi connectivity index (χ1) is 16.4. The number of nitrogens with one attached hydrogen (secondary N) is 3. The van der Waals surface area contributed by atoms with Gasteiger partial charge in [-0.15, -0.1) is 0 Å². The number of Topliss-reactive ketones (excluding diaryl/α,β-unsaturated/α-hetero) is 1. The van der Waals surface area contributed by atoms with Crippen LogP contribution in [0.2, 0.25) is 0 Å². The molecule has 8 nitrogen and oxygen atoms in total. The highest BCUT2D eigenvalue weighted by molar-refractivity contribution is 6.01. The Morgan fingerprint density at radius 1 is 1.24 bits per heavy atom. The Balaban J connectivity index is 1.27. The van der Waals surface area contributed by atoms with E-state index in [1.807, 2.05) is 30.3 Å². The number of aromatic nitrogens is 1. The molecule has 7 N–H and O–H groups in total. The SMILES string of the molecule is CC1=C(C)NC2=CC=C(NC(N)C(CN)C(=O)c3cc4ccc(OC5COC5)cc4[nH]3)CC2C1. The normalized spacial score (nSPS) is 22.2. The van der Waals surface area contributed by atoms with E-state index in [4.69, 9.17) is 20.9 Å². The molecule has 3 unspecified atom stereocenters. The molecule has 0 amide bonds. The van der Waals surface area contributed by atoms with Gasteiger partial charge in [-0.2, -0.15) is 0 Å². The van der Waals surface area contributed by atoms with Gasteiger partial charge in [0.05, 0.1) is 31.0 Å². The van der Waals surface area contributed by atoms with Gasteiger partial charge in [-0.25, -0.2) is 0 Å². The summed E-state index contributed by atoms with van der Waals surface area (Å²) in [4.78, 5) is 16.6. The first kappa shape index (κ1) is 22.7. The number of allylic oxidation sites excluding steroid dienone is 6. The van der Waals surface area contributed by atoms with Crippen molar-refractivity contribution in [1.82, 2.24) is 15.6 Å². The third-order valence-electron chi connectivity index (χ3n) is 7.04. The van der Waals surface area contributed by atoms with Crippen LogP contribution in [0.3, 0.4) is 0 Å². The molecule has 1 fully saturated rings. The van der Waals surface area contributed by atoms with E-state index in [1.54, 1.807) is 0 Å². The Kier molecular flexibility index (Phi) is 6.20. The van der Waals surface area contributed by atoms with Crippen molar-refractivity contribution in [2.45, 2.75) is 39.0 Å². The van der Waals surface area contributed by atoms with Gasteiger partial charge in [-0.1, -0.05) is 5.57 Å². The van der Waals surface area contributed by atoms with Gasteiger partial charge in [0.25, 0.3) is 0 Å². The molecule has 3 aliphatic rings. The largest absolute Gasteiger partial charge is 0.486 e. The fraction of sp³-hybridized carbons (Fsp3) is 0.423. The molecular formula is C26H33N5O3. The average Bonchev–Trinajstić information content (AvgIpc) is 3.21. The third-order valence-corrected chi connectivity index (χ3v) is 7.04. The summed E-state index contributed by atoms with van der Waals surface area (Å²) >= 11 is 0. The maximum atomic E-state index is 13.3. The number of nitrogens with two attached hydrogens (primary N) is 2. The predicted octanol–water partition coefficient (Wildman–Crippen LogP) is 2.65. The zero-order chi connectivity index (χ0) is 23.8. The second-order valence-corrected chi connectivity index (χ2v) is 9.54. The summed E-state index contributed by atoms with van der Waals surface area (Å²) in [6.07, 6.45) is 5.52. The van der Waals surface area contributed by atoms with Crippen LogP contribution in [0.1, 0.15) is 37.2 Å². The minimum Gasteiger partial charge on any atom is -0.486 e. The van der Waals surface area contributed by atoms with Crippen LogP contribution in [0, 0.1) is 11.8 Å². The van der Waals surface area contributed by atoms with Gasteiger partial charge >= 0.3 is 0 Å². The highest BCUT2D eigenvalue weighted by Gasteiger charge is 2.30. The topological polar surface area (TPSA) is 127 Å². The molecule has 0 saturated carbocycles. The Labute approximate surface area is 199 Å². The van der Waals surface area contributed by atoms with Crippen molar-refractivity contribution in [2.75, 3.05) is 19.8 Å². The number of ketones is 1. The van der Waals surface area contributed by atoms with E-state index < -0.39 is 12.1 Å². The molecule has 8 heteroatoms. The van der Waals surface area contributed by atoms with E-state index >= 15 is 0 Å². The lowest BCUT2D eigenvalue weighted by Gasteiger charge is -2.33. The first-order valence-corrected chi connectivity index (χ1v) is 11.9. The number of carbonyl (C=O) groups excluding carboxylic acids is 1. The van der Waals surface area contributed by atoms with E-state index in [0.717, 1.165) is 35.2 Å². The standard InChI is InChI=1S/C26H33N5O3/c1-14-7-17-8-18(4-6-22(17)29-15(14)2)30-26(28)21(11-27)25(32)24-9-16-3-5-19(10-23(16)31-24)34-20-12-33-13-20/h3-6,9-10,17,20-21,26,29-31H,7-8,11-13,27-28H2,1-2H3. The molecule has 34 heavy (non-hydrogen) atoms. The molecule has 1 saturated heterocycles. The number of rotatable bonds is 8. The summed E-state index contributed by atoms with van der Waals surface area (Å²) in [7, 11) is 0. The second-order valence-electron chi connectivity index (χ2n) is 9.54. The van der Waals surface area contributed by atoms with Gasteiger partial charge in [0.15, 0.2) is 5.78 Å². The molecule has 0 bridgehead atoms. The highest BCUT2D eigenvalue weighted by Crippen LogP contribution is 2.33. The quantitative estimate of drug-likeness (QED) is 0.301. The average molecular weight is 464 g/mol.